The third-order valence-electron chi connectivity index (χ3n) is 2.39. The summed E-state index contributed by atoms with van der Waals surface area (Å²) in [5.41, 5.74) is 0.712. The Morgan fingerprint density at radius 3 is 2.89 bits per heavy atom. The van der Waals surface area contributed by atoms with Crippen LogP contribution in [0.5, 0.6) is 11.6 Å². The van der Waals surface area contributed by atoms with E-state index in [0.717, 1.165) is 5.56 Å². The summed E-state index contributed by atoms with van der Waals surface area (Å²) in [7, 11) is 1.70. The number of nitro benzene ring substituents is 1. The topological polar surface area (TPSA) is 90.2 Å². The molecular formula is C12H12N4O3. The van der Waals surface area contributed by atoms with Crippen LogP contribution in [-0.4, -0.2) is 21.9 Å². The molecule has 0 unspecified atom stereocenters. The Morgan fingerprint density at radius 1 is 1.42 bits per heavy atom. The maximum Gasteiger partial charge on any atom is 0.273 e. The summed E-state index contributed by atoms with van der Waals surface area (Å²) in [5, 5.41) is 13.5. The number of nitro groups is 1. The Bertz CT molecular complexity index is 616. The molecule has 7 heteroatoms. The van der Waals surface area contributed by atoms with Crippen molar-refractivity contribution in [2.45, 2.75) is 6.92 Å². The molecule has 1 N–H and O–H groups in total. The minimum absolute atomic E-state index is 0.0296. The lowest BCUT2D eigenvalue weighted by Crippen LogP contribution is -1.99. The van der Waals surface area contributed by atoms with Crippen LogP contribution in [0.2, 0.25) is 0 Å². The molecular weight excluding hydrogens is 248 g/mol. The van der Waals surface area contributed by atoms with Crippen LogP contribution in [0.25, 0.3) is 0 Å². The van der Waals surface area contributed by atoms with E-state index in [2.05, 4.69) is 15.3 Å². The minimum atomic E-state index is -0.473. The average molecular weight is 260 g/mol. The molecule has 19 heavy (non-hydrogen) atoms. The van der Waals surface area contributed by atoms with E-state index in [-0.39, 0.29) is 5.69 Å². The van der Waals surface area contributed by atoms with E-state index < -0.39 is 4.92 Å². The molecule has 0 saturated carbocycles. The number of aromatic nitrogens is 2. The maximum absolute atomic E-state index is 10.7. The van der Waals surface area contributed by atoms with Crippen molar-refractivity contribution in [1.29, 1.82) is 0 Å². The second kappa shape index (κ2) is 5.30. The molecule has 2 aromatic rings. The lowest BCUT2D eigenvalue weighted by molar-refractivity contribution is -0.384. The maximum atomic E-state index is 10.7. The molecule has 0 aliphatic heterocycles. The molecule has 0 spiro atoms. The van der Waals surface area contributed by atoms with Gasteiger partial charge in [-0.2, -0.15) is 4.98 Å². The number of nitrogens with zero attached hydrogens (tertiary/aromatic N) is 3. The molecule has 7 nitrogen and oxygen atoms in total. The molecule has 0 radical (unpaired) electrons. The zero-order chi connectivity index (χ0) is 13.8. The molecule has 1 heterocycles. The van der Waals surface area contributed by atoms with Crippen LogP contribution in [0.3, 0.4) is 0 Å². The van der Waals surface area contributed by atoms with Gasteiger partial charge in [-0.1, -0.05) is 6.07 Å². The summed E-state index contributed by atoms with van der Waals surface area (Å²) in [6.45, 7) is 1.80. The number of aryl methyl sites for hydroxylation is 1. The zero-order valence-electron chi connectivity index (χ0n) is 10.5. The van der Waals surface area contributed by atoms with E-state index >= 15 is 0 Å². The number of anilines is 1. The van der Waals surface area contributed by atoms with Gasteiger partial charge in [0.15, 0.2) is 0 Å². The molecule has 0 aliphatic carbocycles. The molecule has 0 bridgehead atoms. The molecule has 0 saturated heterocycles. The number of non-ortho nitro benzene ring substituents is 1. The van der Waals surface area contributed by atoms with Gasteiger partial charge in [0.1, 0.15) is 5.75 Å². The second-order valence-corrected chi connectivity index (χ2v) is 3.79. The number of nitrogens with one attached hydrogen (secondary N) is 1. The van der Waals surface area contributed by atoms with E-state index in [4.69, 9.17) is 4.74 Å². The van der Waals surface area contributed by atoms with E-state index in [0.29, 0.717) is 17.6 Å². The average Bonchev–Trinajstić information content (AvgIpc) is 2.41. The molecule has 98 valence electrons. The van der Waals surface area contributed by atoms with Crippen molar-refractivity contribution in [2.24, 2.45) is 0 Å². The zero-order valence-corrected chi connectivity index (χ0v) is 10.5. The third kappa shape index (κ3) is 2.95. The number of ether oxygens (including phenoxy) is 1. The minimum Gasteiger partial charge on any atom is -0.438 e. The number of rotatable bonds is 4. The van der Waals surface area contributed by atoms with E-state index in [1.165, 1.54) is 12.1 Å². The standard InChI is InChI=1S/C12H12N4O3/c1-8-7-14-12(13-2)15-11(8)19-10-5-3-4-9(6-10)16(17)18/h3-7H,1-2H3,(H,13,14,15). The van der Waals surface area contributed by atoms with Crippen LogP contribution < -0.4 is 10.1 Å². The summed E-state index contributed by atoms with van der Waals surface area (Å²) < 4.78 is 5.55. The molecule has 2 rings (SSSR count). The van der Waals surface area contributed by atoms with Crippen molar-refractivity contribution in [3.05, 3.63) is 46.1 Å². The number of benzene rings is 1. The first-order valence-electron chi connectivity index (χ1n) is 5.54. The first-order chi connectivity index (χ1) is 9.10. The fraction of sp³-hybridized carbons (Fsp3) is 0.167. The Hall–Kier alpha value is -2.70. The van der Waals surface area contributed by atoms with Crippen molar-refractivity contribution < 1.29 is 9.66 Å². The van der Waals surface area contributed by atoms with Crippen molar-refractivity contribution in [3.8, 4) is 11.6 Å². The van der Waals surface area contributed by atoms with Crippen LogP contribution in [0.15, 0.2) is 30.5 Å². The van der Waals surface area contributed by atoms with Gasteiger partial charge in [-0.3, -0.25) is 10.1 Å². The normalized spacial score (nSPS) is 10.0. The predicted molar refractivity (Wildman–Crippen MR) is 69.5 cm³/mol. The monoisotopic (exact) mass is 260 g/mol. The first-order valence-corrected chi connectivity index (χ1v) is 5.54. The summed E-state index contributed by atoms with van der Waals surface area (Å²) in [6, 6.07) is 5.94. The smallest absolute Gasteiger partial charge is 0.273 e. The predicted octanol–water partition coefficient (Wildman–Crippen LogP) is 2.53. The molecule has 0 amide bonds. The van der Waals surface area contributed by atoms with Crippen molar-refractivity contribution in [1.82, 2.24) is 9.97 Å². The highest BCUT2D eigenvalue weighted by Gasteiger charge is 2.09. The van der Waals surface area contributed by atoms with E-state index in [1.54, 1.807) is 32.3 Å². The van der Waals surface area contributed by atoms with Crippen LogP contribution in [0, 0.1) is 17.0 Å². The van der Waals surface area contributed by atoms with Gasteiger partial charge in [-0.05, 0) is 13.0 Å². The molecule has 1 aromatic carbocycles. The summed E-state index contributed by atoms with van der Waals surface area (Å²) in [4.78, 5) is 18.4. The van der Waals surface area contributed by atoms with Gasteiger partial charge in [-0.25, -0.2) is 4.98 Å². The highest BCUT2D eigenvalue weighted by atomic mass is 16.6. The third-order valence-corrected chi connectivity index (χ3v) is 2.39. The van der Waals surface area contributed by atoms with Gasteiger partial charge in [0, 0.05) is 24.9 Å². The summed E-state index contributed by atoms with van der Waals surface area (Å²) in [5.74, 6) is 1.14. The van der Waals surface area contributed by atoms with Gasteiger partial charge in [0.05, 0.1) is 11.0 Å². The van der Waals surface area contributed by atoms with Crippen molar-refractivity contribution >= 4 is 11.6 Å². The quantitative estimate of drug-likeness (QED) is 0.671. The number of hydrogen-bond donors (Lipinski definition) is 1. The van der Waals surface area contributed by atoms with Gasteiger partial charge in [0.25, 0.3) is 5.69 Å². The SMILES string of the molecule is CNc1ncc(C)c(Oc2cccc([N+](=O)[O-])c2)n1. The van der Waals surface area contributed by atoms with E-state index in [9.17, 15) is 10.1 Å². The van der Waals surface area contributed by atoms with Crippen LogP contribution >= 0.6 is 0 Å². The lowest BCUT2D eigenvalue weighted by Gasteiger charge is -2.08. The largest absolute Gasteiger partial charge is 0.438 e. The molecule has 1 aromatic heterocycles. The highest BCUT2D eigenvalue weighted by Crippen LogP contribution is 2.26. The van der Waals surface area contributed by atoms with Crippen molar-refractivity contribution in [2.75, 3.05) is 12.4 Å². The fourth-order valence-corrected chi connectivity index (χ4v) is 1.42. The first kappa shape index (κ1) is 12.7. The Labute approximate surface area is 109 Å². The molecule has 0 atom stereocenters. The van der Waals surface area contributed by atoms with Crippen molar-refractivity contribution in [3.63, 3.8) is 0 Å². The highest BCUT2D eigenvalue weighted by molar-refractivity contribution is 5.41. The van der Waals surface area contributed by atoms with Crippen LogP contribution in [0.4, 0.5) is 11.6 Å². The summed E-state index contributed by atoms with van der Waals surface area (Å²) in [6.07, 6.45) is 1.62. The fourth-order valence-electron chi connectivity index (χ4n) is 1.42. The van der Waals surface area contributed by atoms with E-state index in [1.807, 2.05) is 0 Å². The summed E-state index contributed by atoms with van der Waals surface area (Å²) >= 11 is 0. The Kier molecular flexibility index (Phi) is 3.56. The van der Waals surface area contributed by atoms with Gasteiger partial charge < -0.3 is 10.1 Å². The van der Waals surface area contributed by atoms with Gasteiger partial charge >= 0.3 is 0 Å². The van der Waals surface area contributed by atoms with Gasteiger partial charge in [0.2, 0.25) is 11.8 Å². The molecule has 0 fully saturated rings. The Balaban J connectivity index is 2.30. The Morgan fingerprint density at radius 2 is 2.21 bits per heavy atom. The number of hydrogen-bond acceptors (Lipinski definition) is 6. The second-order valence-electron chi connectivity index (χ2n) is 3.79. The lowest BCUT2D eigenvalue weighted by atomic mass is 10.3. The van der Waals surface area contributed by atoms with Crippen LogP contribution in [0.1, 0.15) is 5.56 Å². The van der Waals surface area contributed by atoms with Gasteiger partial charge in [-0.15, -0.1) is 0 Å². The molecule has 0 aliphatic rings. The van der Waals surface area contributed by atoms with Crippen LogP contribution in [-0.2, 0) is 0 Å².